The molecule has 24 heteroatoms. The minimum atomic E-state index is -3.68. The van der Waals surface area contributed by atoms with Gasteiger partial charge < -0.3 is 47.4 Å². The van der Waals surface area contributed by atoms with Gasteiger partial charge in [0.25, 0.3) is 11.8 Å². The van der Waals surface area contributed by atoms with Crippen LogP contribution in [-0.2, 0) is 42.4 Å². The number of hydrogen-bond acceptors (Lipinski definition) is 12. The molecule has 0 radical (unpaired) electrons. The number of sulfonamides is 2. The van der Waals surface area contributed by atoms with Crippen LogP contribution in [0.15, 0.2) is 183 Å². The number of anilines is 2. The SMILES string of the molecule is CC1(C)OB(c2ccc3c(c2)-c2cc4ccccc4n2CCO3)OC1(C)C.CNC(=O)c1c(-c2ccc(F)cc2)oc2cc(N(C)S(C)(=O)=O)c(-c3ccc4c(c3)-c3cc5ccccc5n3CCO4)cc12.CNC(=O)c1c(-c2ccc(F)cc2)oc2cc(N(C)S(C)(=O)=O)c(Br)cc12. The minimum Gasteiger partial charge on any atom is -0.491 e. The number of hydrogen-bond donors (Lipinski definition) is 2. The van der Waals surface area contributed by atoms with Crippen LogP contribution in [0, 0.1) is 11.6 Å². The van der Waals surface area contributed by atoms with E-state index in [-0.39, 0.29) is 46.9 Å². The predicted molar refractivity (Wildman–Crippen MR) is 385 cm³/mol. The van der Waals surface area contributed by atoms with Crippen molar-refractivity contribution in [3.8, 4) is 67.8 Å². The molecule has 0 atom stereocenters. The van der Waals surface area contributed by atoms with Crippen LogP contribution >= 0.6 is 15.9 Å². The Morgan fingerprint density at radius 1 is 0.531 bits per heavy atom. The number of fused-ring (bicyclic) bond motifs is 12. The lowest BCUT2D eigenvalue weighted by Crippen LogP contribution is -2.41. The van der Waals surface area contributed by atoms with Crippen LogP contribution < -0.4 is 34.2 Å². The third-order valence-electron chi connectivity index (χ3n) is 18.5. The van der Waals surface area contributed by atoms with Crippen molar-refractivity contribution in [1.29, 1.82) is 0 Å². The lowest BCUT2D eigenvalue weighted by molar-refractivity contribution is 0.00578. The van der Waals surface area contributed by atoms with Crippen molar-refractivity contribution in [1.82, 2.24) is 19.8 Å². The summed E-state index contributed by atoms with van der Waals surface area (Å²) in [7, 11) is -1.63. The monoisotopic (exact) mass is 1420 g/mol. The van der Waals surface area contributed by atoms with Gasteiger partial charge in [0.05, 0.1) is 70.7 Å². The maximum atomic E-state index is 13.7. The van der Waals surface area contributed by atoms with E-state index in [9.17, 15) is 35.2 Å². The second kappa shape index (κ2) is 25.6. The number of carbonyl (C=O) groups excluding carboxylic acids is 2. The molecule has 2 amide bonds. The Bertz CT molecular complexity index is 5400. The quantitative estimate of drug-likeness (QED) is 0.123. The first-order chi connectivity index (χ1) is 46.6. The smallest absolute Gasteiger partial charge is 0.491 e. The fraction of sp³-hybridized carbons (Fsp3) is 0.216. The highest BCUT2D eigenvalue weighted by atomic mass is 79.9. The lowest BCUT2D eigenvalue weighted by atomic mass is 9.78. The molecule has 1 fully saturated rings. The summed E-state index contributed by atoms with van der Waals surface area (Å²) in [6.07, 6.45) is 2.22. The van der Waals surface area contributed by atoms with Crippen LogP contribution in [0.25, 0.3) is 100 Å². The van der Waals surface area contributed by atoms with Crippen molar-refractivity contribution < 1.29 is 62.8 Å². The molecule has 4 aromatic heterocycles. The molecular weight excluding hydrogens is 1360 g/mol. The zero-order valence-corrected chi connectivity index (χ0v) is 58.4. The van der Waals surface area contributed by atoms with Gasteiger partial charge in [0.15, 0.2) is 0 Å². The number of rotatable bonds is 10. The van der Waals surface area contributed by atoms with Crippen LogP contribution in [-0.4, -0.2) is 110 Å². The summed E-state index contributed by atoms with van der Waals surface area (Å²) >= 11 is 3.36. The standard InChI is InChI=1S/C34H28FN3O5S.C22H24BNO3.C18H16BrFN2O4S/c1-36-34(39)32-26-18-24(28(37(2)44(3,40)41)19-31(26)43-33(32)20-8-11-23(35)12-9-20)21-10-13-30-25(16-21)29-17-22-6-4-5-7-27(22)38(29)14-15-42-30;1-21(2)22(3,4)27-23(26-21)16-9-10-20-17(14-16)19-13-15-7-5-6-8-18(15)24(19)11-12-25-20;1-21-18(23)16-12-8-13(19)14(22(2)27(3,24)25)9-15(12)26-17(16)10-4-6-11(20)7-5-10/h4-13,16-19H,14-15H2,1-3H3,(H,36,39);5-10,13-14H,11-12H2,1-4H3;4-9H,1-3H3,(H,21,23). The Morgan fingerprint density at radius 3 is 1.44 bits per heavy atom. The lowest BCUT2D eigenvalue weighted by Gasteiger charge is -2.32. The molecule has 0 spiro atoms. The van der Waals surface area contributed by atoms with Crippen molar-refractivity contribution in [2.75, 3.05) is 62.5 Å². The average molecular weight is 1430 g/mol. The Morgan fingerprint density at radius 2 is 0.959 bits per heavy atom. The van der Waals surface area contributed by atoms with Gasteiger partial charge in [-0.15, -0.1) is 0 Å². The third kappa shape index (κ3) is 12.4. The zero-order valence-electron chi connectivity index (χ0n) is 55.2. The molecule has 8 aromatic carbocycles. The highest BCUT2D eigenvalue weighted by molar-refractivity contribution is 9.10. The summed E-state index contributed by atoms with van der Waals surface area (Å²) in [6, 6.07) is 50.9. The molecule has 0 aliphatic carbocycles. The number of nitrogens with one attached hydrogen (secondary N) is 2. The first kappa shape index (κ1) is 66.9. The number of ether oxygens (including phenoxy) is 2. The summed E-state index contributed by atoms with van der Waals surface area (Å²) in [5.41, 5.74) is 11.1. The molecule has 98 heavy (non-hydrogen) atoms. The normalized spacial score (nSPS) is 14.5. The molecule has 15 rings (SSSR count). The molecule has 7 heterocycles. The van der Waals surface area contributed by atoms with E-state index in [2.05, 4.69) is 124 Å². The molecule has 502 valence electrons. The number of nitrogens with zero attached hydrogens (tertiary/aromatic N) is 4. The molecule has 2 N–H and O–H groups in total. The van der Waals surface area contributed by atoms with Gasteiger partial charge in [-0.25, -0.2) is 25.6 Å². The van der Waals surface area contributed by atoms with Crippen molar-refractivity contribution in [3.63, 3.8) is 0 Å². The minimum absolute atomic E-state index is 0.254. The van der Waals surface area contributed by atoms with Crippen molar-refractivity contribution in [2.24, 2.45) is 0 Å². The molecule has 0 bridgehead atoms. The van der Waals surface area contributed by atoms with Crippen molar-refractivity contribution >= 4 is 115 Å². The molecular formula is C74H68BBrF2N6O12S2. The zero-order chi connectivity index (χ0) is 69.5. The van der Waals surface area contributed by atoms with Crippen molar-refractivity contribution in [3.05, 3.63) is 197 Å². The summed E-state index contributed by atoms with van der Waals surface area (Å²) < 4.78 is 121. The van der Waals surface area contributed by atoms with Gasteiger partial charge in [0, 0.05) is 105 Å². The number of aromatic nitrogens is 2. The molecule has 1 saturated heterocycles. The number of amides is 2. The van der Waals surface area contributed by atoms with Gasteiger partial charge in [-0.2, -0.15) is 0 Å². The van der Waals surface area contributed by atoms with Crippen molar-refractivity contribution in [2.45, 2.75) is 52.0 Å². The molecule has 18 nitrogen and oxygen atoms in total. The number of furan rings is 2. The van der Waals surface area contributed by atoms with Gasteiger partial charge in [-0.1, -0.05) is 48.5 Å². The predicted octanol–water partition coefficient (Wildman–Crippen LogP) is 14.4. The van der Waals surface area contributed by atoms with E-state index in [0.29, 0.717) is 74.2 Å². The highest BCUT2D eigenvalue weighted by Crippen LogP contribution is 2.46. The molecule has 12 aromatic rings. The van der Waals surface area contributed by atoms with Gasteiger partial charge >= 0.3 is 7.12 Å². The van der Waals surface area contributed by atoms with E-state index >= 15 is 0 Å². The Balaban J connectivity index is 0.000000139. The van der Waals surface area contributed by atoms with Crippen LogP contribution in [0.1, 0.15) is 48.4 Å². The Hall–Kier alpha value is -9.72. The fourth-order valence-corrected chi connectivity index (χ4v) is 14.2. The van der Waals surface area contributed by atoms with E-state index < -0.39 is 37.6 Å². The van der Waals surface area contributed by atoms with Gasteiger partial charge in [0.2, 0.25) is 20.0 Å². The largest absolute Gasteiger partial charge is 0.494 e. The van der Waals surface area contributed by atoms with E-state index in [0.717, 1.165) is 73.6 Å². The second-order valence-corrected chi connectivity index (χ2v) is 30.0. The van der Waals surface area contributed by atoms with Crippen LogP contribution in [0.4, 0.5) is 20.2 Å². The molecule has 0 unspecified atom stereocenters. The maximum Gasteiger partial charge on any atom is 0.494 e. The Kier molecular flexibility index (Phi) is 17.5. The number of carbonyl (C=O) groups is 2. The summed E-state index contributed by atoms with van der Waals surface area (Å²) in [6.45, 7) is 11.0. The van der Waals surface area contributed by atoms with Crippen LogP contribution in [0.2, 0.25) is 0 Å². The summed E-state index contributed by atoms with van der Waals surface area (Å²) in [5.74, 6) is 0.578. The highest BCUT2D eigenvalue weighted by Gasteiger charge is 2.52. The first-order valence-corrected chi connectivity index (χ1v) is 35.9. The second-order valence-electron chi connectivity index (χ2n) is 25.1. The van der Waals surface area contributed by atoms with Crippen LogP contribution in [0.5, 0.6) is 11.5 Å². The topological polar surface area (TPSA) is 206 Å². The summed E-state index contributed by atoms with van der Waals surface area (Å²) in [5, 5.41) is 8.60. The van der Waals surface area contributed by atoms with E-state index in [1.165, 1.54) is 97.6 Å². The first-order valence-electron chi connectivity index (χ1n) is 31.4. The maximum absolute atomic E-state index is 13.7. The van der Waals surface area contributed by atoms with E-state index in [1.807, 2.05) is 36.4 Å². The van der Waals surface area contributed by atoms with Crippen LogP contribution in [0.3, 0.4) is 0 Å². The fourth-order valence-electron chi connectivity index (χ4n) is 12.5. The molecule has 0 saturated carbocycles. The Labute approximate surface area is 574 Å². The number of benzene rings is 8. The summed E-state index contributed by atoms with van der Waals surface area (Å²) in [4.78, 5) is 25.7. The van der Waals surface area contributed by atoms with E-state index in [1.54, 1.807) is 24.3 Å². The molecule has 3 aliphatic heterocycles. The van der Waals surface area contributed by atoms with Gasteiger partial charge in [-0.05, 0) is 164 Å². The van der Waals surface area contributed by atoms with Gasteiger partial charge in [0.1, 0.15) is 59.0 Å². The number of halogens is 3. The third-order valence-corrected chi connectivity index (χ3v) is 21.5. The molecule has 3 aliphatic rings. The number of para-hydroxylation sites is 2. The van der Waals surface area contributed by atoms with Gasteiger partial charge in [-0.3, -0.25) is 18.2 Å². The van der Waals surface area contributed by atoms with E-state index in [4.69, 9.17) is 27.6 Å². The average Bonchev–Trinajstić information content (AvgIpc) is 1.56.